The van der Waals surface area contributed by atoms with Gasteiger partial charge in [0.25, 0.3) is 0 Å². The molecule has 118 valence electrons. The van der Waals surface area contributed by atoms with E-state index in [9.17, 15) is 0 Å². The molecule has 3 rings (SSSR count). The van der Waals surface area contributed by atoms with Crippen LogP contribution in [0.3, 0.4) is 0 Å². The molecule has 1 aliphatic rings. The van der Waals surface area contributed by atoms with Gasteiger partial charge in [0.2, 0.25) is 0 Å². The summed E-state index contributed by atoms with van der Waals surface area (Å²) in [6.45, 7) is 8.26. The summed E-state index contributed by atoms with van der Waals surface area (Å²) in [4.78, 5) is 0. The normalized spacial score (nSPS) is 15.3. The van der Waals surface area contributed by atoms with Gasteiger partial charge in [0, 0.05) is 22.8 Å². The molecule has 0 spiro atoms. The Hall–Kier alpha value is -1.93. The zero-order chi connectivity index (χ0) is 16.3. The summed E-state index contributed by atoms with van der Waals surface area (Å²) in [5.74, 6) is 2.00. The smallest absolute Gasteiger partial charge is 0.0506 e. The lowest BCUT2D eigenvalue weighted by Gasteiger charge is -2.32. The van der Waals surface area contributed by atoms with E-state index >= 15 is 0 Å². The third kappa shape index (κ3) is 3.70. The Morgan fingerprint density at radius 3 is 2.61 bits per heavy atom. The van der Waals surface area contributed by atoms with Crippen LogP contribution in [0.5, 0.6) is 0 Å². The van der Waals surface area contributed by atoms with Crippen molar-refractivity contribution in [2.75, 3.05) is 16.8 Å². The van der Waals surface area contributed by atoms with Crippen molar-refractivity contribution in [2.24, 2.45) is 0 Å². The molecular weight excluding hydrogens is 298 g/mol. The highest BCUT2D eigenvalue weighted by Crippen LogP contribution is 2.37. The number of hydrogen-bond donors (Lipinski definition) is 1. The average Bonchev–Trinajstić information content (AvgIpc) is 2.54. The Morgan fingerprint density at radius 2 is 1.87 bits per heavy atom. The van der Waals surface area contributed by atoms with Gasteiger partial charge in [-0.1, -0.05) is 48.6 Å². The van der Waals surface area contributed by atoms with Gasteiger partial charge in [-0.05, 0) is 42.7 Å². The van der Waals surface area contributed by atoms with Crippen LogP contribution < -0.4 is 5.32 Å². The van der Waals surface area contributed by atoms with Crippen LogP contribution >= 0.6 is 11.8 Å². The van der Waals surface area contributed by atoms with Gasteiger partial charge in [-0.15, -0.1) is 6.58 Å². The van der Waals surface area contributed by atoms with Crippen molar-refractivity contribution in [3.05, 3.63) is 72.8 Å². The third-order valence-electron chi connectivity index (χ3n) is 3.96. The van der Waals surface area contributed by atoms with E-state index in [2.05, 4.69) is 80.4 Å². The lowest BCUT2D eigenvalue weighted by molar-refractivity contribution is 0.707. The lowest BCUT2D eigenvalue weighted by Crippen LogP contribution is -2.32. The number of fused-ring (bicyclic) bond motifs is 1. The topological polar surface area (TPSA) is 12.0 Å². The second-order valence-corrected chi connectivity index (χ2v) is 7.48. The second-order valence-electron chi connectivity index (χ2n) is 6.45. The van der Waals surface area contributed by atoms with Crippen molar-refractivity contribution >= 4 is 23.0 Å². The number of hydrogen-bond acceptors (Lipinski definition) is 2. The van der Waals surface area contributed by atoms with Crippen molar-refractivity contribution in [3.8, 4) is 11.1 Å². The zero-order valence-corrected chi connectivity index (χ0v) is 14.6. The standard InChI is InChI=1S/C21H23NS/c1-4-12-23-15-18-14-21(2,3)22-20-11-10-17(13-19(18)20)16-8-6-5-7-9-16/h4-11,13-14,22H,1,12,15H2,2-3H3. The summed E-state index contributed by atoms with van der Waals surface area (Å²) >= 11 is 1.91. The van der Waals surface area contributed by atoms with E-state index in [4.69, 9.17) is 0 Å². The highest BCUT2D eigenvalue weighted by atomic mass is 32.2. The van der Waals surface area contributed by atoms with E-state index in [0.29, 0.717) is 0 Å². The van der Waals surface area contributed by atoms with Gasteiger partial charge in [0.1, 0.15) is 0 Å². The van der Waals surface area contributed by atoms with E-state index in [1.807, 2.05) is 17.8 Å². The van der Waals surface area contributed by atoms with Crippen molar-refractivity contribution in [1.29, 1.82) is 0 Å². The Bertz CT molecular complexity index is 729. The molecular formula is C21H23NS. The van der Waals surface area contributed by atoms with E-state index in [-0.39, 0.29) is 5.54 Å². The van der Waals surface area contributed by atoms with E-state index in [1.165, 1.54) is 28.0 Å². The van der Waals surface area contributed by atoms with Crippen molar-refractivity contribution in [3.63, 3.8) is 0 Å². The van der Waals surface area contributed by atoms with E-state index in [1.54, 1.807) is 0 Å². The maximum absolute atomic E-state index is 3.82. The first-order valence-corrected chi connectivity index (χ1v) is 9.13. The number of anilines is 1. The average molecular weight is 321 g/mol. The van der Waals surface area contributed by atoms with Gasteiger partial charge < -0.3 is 5.32 Å². The molecule has 23 heavy (non-hydrogen) atoms. The molecule has 0 amide bonds. The Labute approximate surface area is 143 Å². The number of rotatable bonds is 5. The Morgan fingerprint density at radius 1 is 1.09 bits per heavy atom. The molecule has 1 N–H and O–H groups in total. The third-order valence-corrected chi connectivity index (χ3v) is 4.94. The summed E-state index contributed by atoms with van der Waals surface area (Å²) in [7, 11) is 0. The molecule has 0 bridgehead atoms. The molecule has 0 fully saturated rings. The number of thioether (sulfide) groups is 1. The van der Waals surface area contributed by atoms with Crippen LogP contribution in [-0.4, -0.2) is 17.0 Å². The van der Waals surface area contributed by atoms with Gasteiger partial charge in [-0.2, -0.15) is 11.8 Å². The lowest BCUT2D eigenvalue weighted by atomic mass is 9.89. The quantitative estimate of drug-likeness (QED) is 0.547. The SMILES string of the molecule is C=CCSCC1=CC(C)(C)Nc2ccc(-c3ccccc3)cc21. The molecule has 1 nitrogen and oxygen atoms in total. The Kier molecular flexibility index (Phi) is 4.63. The summed E-state index contributed by atoms with van der Waals surface area (Å²) in [6, 6.07) is 17.3. The molecule has 1 heterocycles. The van der Waals surface area contributed by atoms with Gasteiger partial charge in [0.15, 0.2) is 0 Å². The summed E-state index contributed by atoms with van der Waals surface area (Å²) < 4.78 is 0. The van der Waals surface area contributed by atoms with Gasteiger partial charge in [0.05, 0.1) is 5.54 Å². The molecule has 0 saturated heterocycles. The summed E-state index contributed by atoms with van der Waals surface area (Å²) in [5.41, 5.74) is 6.48. The minimum atomic E-state index is -0.00860. The van der Waals surface area contributed by atoms with Crippen LogP contribution in [0.2, 0.25) is 0 Å². The van der Waals surface area contributed by atoms with Crippen LogP contribution in [0, 0.1) is 0 Å². The summed E-state index contributed by atoms with van der Waals surface area (Å²) in [5, 5.41) is 3.63. The molecule has 0 aromatic heterocycles. The van der Waals surface area contributed by atoms with Crippen LogP contribution in [0.25, 0.3) is 16.7 Å². The van der Waals surface area contributed by atoms with Crippen molar-refractivity contribution in [1.82, 2.24) is 0 Å². The largest absolute Gasteiger partial charge is 0.376 e. The van der Waals surface area contributed by atoms with Crippen molar-refractivity contribution in [2.45, 2.75) is 19.4 Å². The minimum Gasteiger partial charge on any atom is -0.376 e. The van der Waals surface area contributed by atoms with E-state index < -0.39 is 0 Å². The predicted molar refractivity (Wildman–Crippen MR) is 105 cm³/mol. The maximum atomic E-state index is 3.82. The molecule has 2 aromatic rings. The zero-order valence-electron chi connectivity index (χ0n) is 13.8. The van der Waals surface area contributed by atoms with Gasteiger partial charge >= 0.3 is 0 Å². The fraction of sp³-hybridized carbons (Fsp3) is 0.238. The predicted octanol–water partition coefficient (Wildman–Crippen LogP) is 5.86. The highest BCUT2D eigenvalue weighted by molar-refractivity contribution is 7.99. The first-order chi connectivity index (χ1) is 11.1. The van der Waals surface area contributed by atoms with Gasteiger partial charge in [-0.3, -0.25) is 0 Å². The number of benzene rings is 2. The monoisotopic (exact) mass is 321 g/mol. The van der Waals surface area contributed by atoms with Crippen LogP contribution in [0.4, 0.5) is 5.69 Å². The second kappa shape index (κ2) is 6.67. The molecule has 0 unspecified atom stereocenters. The highest BCUT2D eigenvalue weighted by Gasteiger charge is 2.24. The maximum Gasteiger partial charge on any atom is 0.0506 e. The number of nitrogens with one attached hydrogen (secondary N) is 1. The fourth-order valence-electron chi connectivity index (χ4n) is 3.00. The van der Waals surface area contributed by atoms with Crippen LogP contribution in [-0.2, 0) is 0 Å². The first-order valence-electron chi connectivity index (χ1n) is 7.97. The summed E-state index contributed by atoms with van der Waals surface area (Å²) in [6.07, 6.45) is 4.33. The van der Waals surface area contributed by atoms with Gasteiger partial charge in [-0.25, -0.2) is 0 Å². The first kappa shape index (κ1) is 15.9. The molecule has 0 aliphatic carbocycles. The molecule has 2 heteroatoms. The molecule has 2 aromatic carbocycles. The molecule has 0 saturated carbocycles. The minimum absolute atomic E-state index is 0.00860. The molecule has 0 atom stereocenters. The van der Waals surface area contributed by atoms with Crippen LogP contribution in [0.15, 0.2) is 67.3 Å². The van der Waals surface area contributed by atoms with Crippen molar-refractivity contribution < 1.29 is 0 Å². The van der Waals surface area contributed by atoms with Crippen LogP contribution in [0.1, 0.15) is 19.4 Å². The molecule has 0 radical (unpaired) electrons. The fourth-order valence-corrected chi connectivity index (χ4v) is 3.74. The molecule has 1 aliphatic heterocycles. The van der Waals surface area contributed by atoms with E-state index in [0.717, 1.165) is 11.5 Å². The Balaban J connectivity index is 1.99.